The van der Waals surface area contributed by atoms with Crippen LogP contribution in [0.15, 0.2) is 114 Å². The zero-order valence-corrected chi connectivity index (χ0v) is 29.8. The van der Waals surface area contributed by atoms with E-state index in [0.717, 1.165) is 88.0 Å². The molecule has 0 unspecified atom stereocenters. The number of carbonyl (C=O) groups excluding carboxylic acids is 2. The first kappa shape index (κ1) is 32.1. The fraction of sp³-hybridized carbons (Fsp3) is 0.0278. The second-order valence-electron chi connectivity index (χ2n) is 10.8. The number of carbonyl (C=O) groups is 2. The molecule has 0 N–H and O–H groups in total. The maximum Gasteiger partial charge on any atom is 0.294 e. The number of fused-ring (bicyclic) bond motifs is 1. The summed E-state index contributed by atoms with van der Waals surface area (Å²) in [5.74, 6) is -0.313. The average Bonchev–Trinajstić information content (AvgIpc) is 3.97. The van der Waals surface area contributed by atoms with Crippen molar-refractivity contribution >= 4 is 109 Å². The van der Waals surface area contributed by atoms with Crippen LogP contribution in [-0.2, 0) is 14.3 Å². The largest absolute Gasteiger partial charge is 0.446 e. The van der Waals surface area contributed by atoms with Crippen molar-refractivity contribution in [2.75, 3.05) is 11.6 Å². The van der Waals surface area contributed by atoms with E-state index in [-0.39, 0.29) is 19.1 Å². The molecule has 4 aromatic carbocycles. The van der Waals surface area contributed by atoms with E-state index in [9.17, 15) is 9.59 Å². The molecule has 9 nitrogen and oxygen atoms in total. The van der Waals surface area contributed by atoms with Crippen molar-refractivity contribution in [1.82, 2.24) is 23.6 Å². The minimum absolute atomic E-state index is 0.213. The van der Waals surface area contributed by atoms with Gasteiger partial charge in [-0.05, 0) is 60.2 Å². The SMILES string of the molecule is O=COCN1C(=O)/C(=C\c2cnc(-c3ccc(-c4ncc(-c5ccc(N(c6ccccc6)c6ccccc6)cc5)s4)c4nsnc34)s2)SC1=S. The van der Waals surface area contributed by atoms with Crippen molar-refractivity contribution in [3.63, 3.8) is 0 Å². The Labute approximate surface area is 307 Å². The van der Waals surface area contributed by atoms with E-state index in [4.69, 9.17) is 21.9 Å². The Morgan fingerprint density at radius 2 is 1.36 bits per heavy atom. The van der Waals surface area contributed by atoms with Crippen LogP contribution < -0.4 is 4.90 Å². The van der Waals surface area contributed by atoms with Crippen molar-refractivity contribution in [2.24, 2.45) is 0 Å². The molecule has 3 aromatic heterocycles. The number of thiazole rings is 2. The van der Waals surface area contributed by atoms with E-state index in [0.29, 0.717) is 9.23 Å². The van der Waals surface area contributed by atoms with E-state index in [2.05, 4.69) is 67.2 Å². The van der Waals surface area contributed by atoms with Crippen LogP contribution in [0.2, 0.25) is 0 Å². The van der Waals surface area contributed by atoms with Gasteiger partial charge in [-0.3, -0.25) is 14.5 Å². The zero-order valence-electron chi connectivity index (χ0n) is 25.7. The Balaban J connectivity index is 1.05. The van der Waals surface area contributed by atoms with Gasteiger partial charge >= 0.3 is 0 Å². The molecule has 0 radical (unpaired) electrons. The number of anilines is 3. The monoisotopic (exact) mass is 746 g/mol. The lowest BCUT2D eigenvalue weighted by Crippen LogP contribution is -2.30. The lowest BCUT2D eigenvalue weighted by molar-refractivity contribution is -0.135. The highest BCUT2D eigenvalue weighted by atomic mass is 32.2. The van der Waals surface area contributed by atoms with Gasteiger partial charge in [0.15, 0.2) is 11.1 Å². The molecular formula is C36H22N6O3S5. The summed E-state index contributed by atoms with van der Waals surface area (Å²) in [4.78, 5) is 38.5. The van der Waals surface area contributed by atoms with Crippen LogP contribution in [0.5, 0.6) is 0 Å². The molecule has 0 saturated carbocycles. The number of aromatic nitrogens is 4. The lowest BCUT2D eigenvalue weighted by atomic mass is 10.1. The lowest BCUT2D eigenvalue weighted by Gasteiger charge is -2.25. The molecule has 0 spiro atoms. The zero-order chi connectivity index (χ0) is 34.0. The molecule has 244 valence electrons. The third-order valence-electron chi connectivity index (χ3n) is 7.76. The number of amides is 1. The number of ether oxygens (including phenoxy) is 1. The maximum atomic E-state index is 12.8. The summed E-state index contributed by atoms with van der Waals surface area (Å²) in [6.07, 6.45) is 5.36. The van der Waals surface area contributed by atoms with E-state index >= 15 is 0 Å². The Morgan fingerprint density at radius 3 is 2.00 bits per heavy atom. The molecule has 1 amide bonds. The Bertz CT molecular complexity index is 2350. The third kappa shape index (κ3) is 6.23. The Morgan fingerprint density at radius 1 is 0.760 bits per heavy atom. The van der Waals surface area contributed by atoms with Crippen LogP contribution in [0, 0.1) is 0 Å². The molecule has 0 bridgehead atoms. The highest BCUT2D eigenvalue weighted by Crippen LogP contribution is 2.41. The number of benzene rings is 4. The summed E-state index contributed by atoms with van der Waals surface area (Å²) in [5, 5.41) is 1.60. The van der Waals surface area contributed by atoms with Gasteiger partial charge in [-0.25, -0.2) is 9.97 Å². The van der Waals surface area contributed by atoms with Crippen molar-refractivity contribution in [3.05, 3.63) is 119 Å². The number of hydrogen-bond acceptors (Lipinski definition) is 13. The molecule has 1 saturated heterocycles. The number of para-hydroxylation sites is 2. The van der Waals surface area contributed by atoms with Gasteiger partial charge in [-0.1, -0.05) is 72.5 Å². The summed E-state index contributed by atoms with van der Waals surface area (Å²) in [6, 6.07) is 33.2. The fourth-order valence-corrected chi connectivity index (χ4v) is 9.15. The van der Waals surface area contributed by atoms with Gasteiger partial charge in [0.05, 0.1) is 21.5 Å². The smallest absolute Gasteiger partial charge is 0.294 e. The molecule has 50 heavy (non-hydrogen) atoms. The standard InChI is InChI=1S/C36H22N6O3S5/c43-21-45-20-41-35(44)29(49-36(41)46)17-26-18-37-33(47-26)27-15-16-28(32-31(27)39-50-40-32)34-38-19-30(48-34)22-11-13-25(14-12-22)42(23-7-3-1-4-8-23)24-9-5-2-6-10-24/h1-19,21H,20H2/b29-17+. The molecule has 1 aliphatic heterocycles. The topological polar surface area (TPSA) is 101 Å². The summed E-state index contributed by atoms with van der Waals surface area (Å²) >= 11 is 10.6. The second kappa shape index (κ2) is 14.0. The summed E-state index contributed by atoms with van der Waals surface area (Å²) in [5.41, 5.74) is 7.57. The van der Waals surface area contributed by atoms with Gasteiger partial charge in [-0.2, -0.15) is 8.75 Å². The van der Waals surface area contributed by atoms with Crippen molar-refractivity contribution in [2.45, 2.75) is 0 Å². The predicted molar refractivity (Wildman–Crippen MR) is 207 cm³/mol. The van der Waals surface area contributed by atoms with Gasteiger partial charge < -0.3 is 9.64 Å². The normalized spacial score (nSPS) is 13.8. The maximum absolute atomic E-state index is 12.8. The van der Waals surface area contributed by atoms with E-state index in [1.54, 1.807) is 23.6 Å². The number of thiocarbonyl (C=S) groups is 1. The summed E-state index contributed by atoms with van der Waals surface area (Å²) in [6.45, 7) is 0.0749. The first-order chi connectivity index (χ1) is 24.6. The van der Waals surface area contributed by atoms with E-state index in [1.807, 2.05) is 54.7 Å². The molecule has 0 aliphatic carbocycles. The van der Waals surface area contributed by atoms with E-state index in [1.165, 1.54) is 16.2 Å². The quantitative estimate of drug-likeness (QED) is 0.0765. The average molecular weight is 747 g/mol. The number of nitrogens with zero attached hydrogens (tertiary/aromatic N) is 6. The van der Waals surface area contributed by atoms with Gasteiger partial charge in [0.1, 0.15) is 21.0 Å². The molecule has 8 rings (SSSR count). The molecule has 1 fully saturated rings. The fourth-order valence-electron chi connectivity index (χ4n) is 5.44. The highest BCUT2D eigenvalue weighted by Gasteiger charge is 2.32. The Hall–Kier alpha value is -5.12. The first-order valence-electron chi connectivity index (χ1n) is 15.1. The van der Waals surface area contributed by atoms with Crippen molar-refractivity contribution in [3.8, 4) is 31.6 Å². The number of thioether (sulfide) groups is 1. The molecule has 7 aromatic rings. The van der Waals surface area contributed by atoms with Crippen molar-refractivity contribution in [1.29, 1.82) is 0 Å². The number of hydrogen-bond donors (Lipinski definition) is 0. The molecule has 0 atom stereocenters. The third-order valence-corrected chi connectivity index (χ3v) is 11.7. The van der Waals surface area contributed by atoms with Crippen LogP contribution in [-0.4, -0.2) is 47.0 Å². The van der Waals surface area contributed by atoms with Gasteiger partial charge in [0.2, 0.25) is 0 Å². The van der Waals surface area contributed by atoms with Gasteiger partial charge in [-0.15, -0.1) is 22.7 Å². The van der Waals surface area contributed by atoms with Gasteiger partial charge in [0.25, 0.3) is 12.4 Å². The predicted octanol–water partition coefficient (Wildman–Crippen LogP) is 9.41. The van der Waals surface area contributed by atoms with Crippen LogP contribution in [0.4, 0.5) is 17.1 Å². The molecular weight excluding hydrogens is 725 g/mol. The Kier molecular flexibility index (Phi) is 9.00. The first-order valence-corrected chi connectivity index (χ1v) is 18.6. The molecule has 1 aliphatic rings. The van der Waals surface area contributed by atoms with Crippen LogP contribution in [0.3, 0.4) is 0 Å². The molecule has 4 heterocycles. The molecule has 14 heteroatoms. The van der Waals surface area contributed by atoms with Crippen molar-refractivity contribution < 1.29 is 14.3 Å². The highest BCUT2D eigenvalue weighted by molar-refractivity contribution is 8.26. The minimum atomic E-state index is -0.313. The second-order valence-corrected chi connectivity index (χ2v) is 15.1. The number of rotatable bonds is 10. The van der Waals surface area contributed by atoms with Crippen LogP contribution >= 0.6 is 58.4 Å². The summed E-state index contributed by atoms with van der Waals surface area (Å²) < 4.78 is 14.3. The van der Waals surface area contributed by atoms with Gasteiger partial charge in [0, 0.05) is 45.5 Å². The minimum Gasteiger partial charge on any atom is -0.446 e. The van der Waals surface area contributed by atoms with E-state index < -0.39 is 0 Å². The van der Waals surface area contributed by atoms with Crippen LogP contribution in [0.25, 0.3) is 48.7 Å². The van der Waals surface area contributed by atoms with Crippen LogP contribution in [0.1, 0.15) is 4.88 Å². The summed E-state index contributed by atoms with van der Waals surface area (Å²) in [7, 11) is 0.